The first kappa shape index (κ1) is 14.2. The third kappa shape index (κ3) is 2.09. The molecule has 0 aromatic carbocycles. The van der Waals surface area contributed by atoms with Crippen molar-refractivity contribution in [3.05, 3.63) is 18.2 Å². The molecule has 1 aromatic heterocycles. The minimum atomic E-state index is -0.878. The molecule has 22 heavy (non-hydrogen) atoms. The van der Waals surface area contributed by atoms with Crippen molar-refractivity contribution in [1.82, 2.24) is 14.5 Å². The van der Waals surface area contributed by atoms with E-state index < -0.39 is 5.60 Å². The van der Waals surface area contributed by atoms with Gasteiger partial charge in [-0.05, 0) is 25.7 Å². The number of hydrogen-bond donors (Lipinski definition) is 1. The van der Waals surface area contributed by atoms with Crippen molar-refractivity contribution < 1.29 is 9.90 Å². The number of hydrogen-bond acceptors (Lipinski definition) is 3. The minimum absolute atomic E-state index is 0.188. The summed E-state index contributed by atoms with van der Waals surface area (Å²) in [5.74, 6) is 1.34. The Balaban J connectivity index is 1.57. The summed E-state index contributed by atoms with van der Waals surface area (Å²) in [6.07, 6.45) is 11.4. The predicted octanol–water partition coefficient (Wildman–Crippen LogP) is 1.95. The van der Waals surface area contributed by atoms with Crippen molar-refractivity contribution in [3.8, 4) is 0 Å². The summed E-state index contributed by atoms with van der Waals surface area (Å²) in [5, 5.41) is 11.1. The molecule has 1 aromatic rings. The Morgan fingerprint density at radius 3 is 2.41 bits per heavy atom. The fourth-order valence-electron chi connectivity index (χ4n) is 4.96. The lowest BCUT2D eigenvalue weighted by Gasteiger charge is -2.44. The van der Waals surface area contributed by atoms with Gasteiger partial charge in [0.05, 0.1) is 0 Å². The van der Waals surface area contributed by atoms with Crippen LogP contribution in [0.5, 0.6) is 0 Å². The van der Waals surface area contributed by atoms with Crippen LogP contribution in [0.3, 0.4) is 0 Å². The number of piperidine rings is 1. The maximum Gasteiger partial charge on any atom is 0.226 e. The summed E-state index contributed by atoms with van der Waals surface area (Å²) < 4.78 is 1.91. The van der Waals surface area contributed by atoms with Gasteiger partial charge < -0.3 is 14.6 Å². The average molecular weight is 303 g/mol. The Labute approximate surface area is 131 Å². The Kier molecular flexibility index (Phi) is 3.29. The van der Waals surface area contributed by atoms with E-state index in [-0.39, 0.29) is 18.0 Å². The van der Waals surface area contributed by atoms with E-state index in [0.717, 1.165) is 31.5 Å². The lowest BCUT2D eigenvalue weighted by Crippen LogP contribution is -2.53. The highest BCUT2D eigenvalue weighted by molar-refractivity contribution is 5.80. The number of carbonyl (C=O) groups excluding carboxylic acids is 1. The largest absolute Gasteiger partial charge is 0.382 e. The molecule has 4 rings (SSSR count). The van der Waals surface area contributed by atoms with Crippen LogP contribution in [0.25, 0.3) is 0 Å². The van der Waals surface area contributed by atoms with Crippen molar-refractivity contribution in [1.29, 1.82) is 0 Å². The molecule has 0 unspecified atom stereocenters. The van der Waals surface area contributed by atoms with E-state index in [1.165, 1.54) is 12.8 Å². The van der Waals surface area contributed by atoms with Gasteiger partial charge in [0.2, 0.25) is 5.91 Å². The quantitative estimate of drug-likeness (QED) is 0.908. The van der Waals surface area contributed by atoms with Crippen molar-refractivity contribution in [2.24, 2.45) is 13.0 Å². The van der Waals surface area contributed by atoms with Crippen LogP contribution in [-0.2, 0) is 17.4 Å². The molecule has 5 heteroatoms. The van der Waals surface area contributed by atoms with Gasteiger partial charge in [0, 0.05) is 50.3 Å². The zero-order valence-corrected chi connectivity index (χ0v) is 13.2. The van der Waals surface area contributed by atoms with Crippen molar-refractivity contribution in [3.63, 3.8) is 0 Å². The summed E-state index contributed by atoms with van der Waals surface area (Å²) in [7, 11) is 1.93. The maximum absolute atomic E-state index is 12.8. The topological polar surface area (TPSA) is 58.4 Å². The highest BCUT2D eigenvalue weighted by Crippen LogP contribution is 2.46. The lowest BCUT2D eigenvalue weighted by atomic mass is 9.84. The van der Waals surface area contributed by atoms with Crippen molar-refractivity contribution in [2.75, 3.05) is 0 Å². The van der Waals surface area contributed by atoms with E-state index in [1.54, 1.807) is 6.20 Å². The zero-order valence-electron chi connectivity index (χ0n) is 13.2. The molecule has 0 radical (unpaired) electrons. The van der Waals surface area contributed by atoms with Gasteiger partial charge in [0.25, 0.3) is 0 Å². The second-order valence-electron chi connectivity index (χ2n) is 7.41. The molecule has 5 nitrogen and oxygen atoms in total. The molecule has 2 saturated heterocycles. The van der Waals surface area contributed by atoms with Crippen LogP contribution in [0, 0.1) is 5.92 Å². The standard InChI is InChI=1S/C17H25N3O2/c1-19-9-8-18-16(19)17(22)10-13-6-7-14(11-17)20(13)15(21)12-4-2-3-5-12/h8-9,12-14,22H,2-7,10-11H2,1H3/t13-,14-/m1/s1. The summed E-state index contributed by atoms with van der Waals surface area (Å²) in [6, 6.07) is 0.377. The van der Waals surface area contributed by atoms with Crippen LogP contribution >= 0.6 is 0 Å². The van der Waals surface area contributed by atoms with E-state index in [9.17, 15) is 9.90 Å². The van der Waals surface area contributed by atoms with Crippen LogP contribution in [0.2, 0.25) is 0 Å². The third-order valence-corrected chi connectivity index (χ3v) is 5.96. The van der Waals surface area contributed by atoms with Gasteiger partial charge in [-0.3, -0.25) is 4.79 Å². The van der Waals surface area contributed by atoms with E-state index in [1.807, 2.05) is 17.8 Å². The second-order valence-corrected chi connectivity index (χ2v) is 7.41. The number of carbonyl (C=O) groups is 1. The minimum Gasteiger partial charge on any atom is -0.382 e. The lowest BCUT2D eigenvalue weighted by molar-refractivity contribution is -0.146. The molecule has 2 atom stereocenters. The van der Waals surface area contributed by atoms with Crippen LogP contribution in [0.4, 0.5) is 0 Å². The molecule has 2 bridgehead atoms. The van der Waals surface area contributed by atoms with Gasteiger partial charge in [-0.15, -0.1) is 0 Å². The molecule has 3 heterocycles. The van der Waals surface area contributed by atoms with Crippen molar-refractivity contribution >= 4 is 5.91 Å². The van der Waals surface area contributed by atoms with Gasteiger partial charge in [0.15, 0.2) is 0 Å². The fourth-order valence-corrected chi connectivity index (χ4v) is 4.96. The van der Waals surface area contributed by atoms with Crippen molar-refractivity contribution in [2.45, 2.75) is 69.1 Å². The third-order valence-electron chi connectivity index (χ3n) is 5.96. The number of aliphatic hydroxyl groups is 1. The molecule has 120 valence electrons. The van der Waals surface area contributed by atoms with E-state index in [2.05, 4.69) is 9.88 Å². The van der Waals surface area contributed by atoms with Crippen LogP contribution in [0.15, 0.2) is 12.4 Å². The molecule has 1 amide bonds. The Bertz CT molecular complexity index is 562. The first-order valence-corrected chi connectivity index (χ1v) is 8.61. The number of rotatable bonds is 2. The van der Waals surface area contributed by atoms with Gasteiger partial charge >= 0.3 is 0 Å². The van der Waals surface area contributed by atoms with Crippen LogP contribution in [0.1, 0.15) is 57.2 Å². The van der Waals surface area contributed by atoms with Gasteiger partial charge in [-0.1, -0.05) is 12.8 Å². The Morgan fingerprint density at radius 2 is 1.86 bits per heavy atom. The zero-order chi connectivity index (χ0) is 15.3. The van der Waals surface area contributed by atoms with E-state index >= 15 is 0 Å². The number of fused-ring (bicyclic) bond motifs is 2. The molecule has 1 aliphatic carbocycles. The number of nitrogens with zero attached hydrogens (tertiary/aromatic N) is 3. The molecule has 0 spiro atoms. The summed E-state index contributed by atoms with van der Waals surface area (Å²) in [4.78, 5) is 19.3. The second kappa shape index (κ2) is 5.08. The smallest absolute Gasteiger partial charge is 0.226 e. The maximum atomic E-state index is 12.8. The normalized spacial score (nSPS) is 35.3. The number of amides is 1. The van der Waals surface area contributed by atoms with Gasteiger partial charge in [-0.2, -0.15) is 0 Å². The van der Waals surface area contributed by atoms with E-state index in [4.69, 9.17) is 0 Å². The fraction of sp³-hybridized carbons (Fsp3) is 0.765. The van der Waals surface area contributed by atoms with Gasteiger partial charge in [-0.25, -0.2) is 4.98 Å². The highest BCUT2D eigenvalue weighted by atomic mass is 16.3. The first-order valence-electron chi connectivity index (χ1n) is 8.61. The summed E-state index contributed by atoms with van der Waals surface area (Å²) >= 11 is 0. The van der Waals surface area contributed by atoms with Crippen LogP contribution < -0.4 is 0 Å². The number of aromatic nitrogens is 2. The highest BCUT2D eigenvalue weighted by Gasteiger charge is 2.52. The Hall–Kier alpha value is -1.36. The number of imidazole rings is 1. The van der Waals surface area contributed by atoms with Gasteiger partial charge in [0.1, 0.15) is 11.4 Å². The monoisotopic (exact) mass is 303 g/mol. The Morgan fingerprint density at radius 1 is 1.23 bits per heavy atom. The molecule has 1 N–H and O–H groups in total. The number of aryl methyl sites for hydroxylation is 1. The molecule has 2 aliphatic heterocycles. The first-order chi connectivity index (χ1) is 10.6. The summed E-state index contributed by atoms with van der Waals surface area (Å²) in [6.45, 7) is 0. The molecular formula is C17H25N3O2. The molecule has 3 fully saturated rings. The average Bonchev–Trinajstić information content (AvgIpc) is 3.19. The summed E-state index contributed by atoms with van der Waals surface area (Å²) in [5.41, 5.74) is -0.878. The van der Waals surface area contributed by atoms with Crippen LogP contribution in [-0.4, -0.2) is 37.5 Å². The van der Waals surface area contributed by atoms with E-state index in [0.29, 0.717) is 18.7 Å². The molecular weight excluding hydrogens is 278 g/mol. The molecule has 1 saturated carbocycles. The SMILES string of the molecule is Cn1ccnc1C1(O)C[C@H]2CC[C@H](C1)N2C(=O)C1CCCC1. The predicted molar refractivity (Wildman–Crippen MR) is 82.0 cm³/mol. The molecule has 3 aliphatic rings.